The van der Waals surface area contributed by atoms with Gasteiger partial charge in [-0.1, -0.05) is 35.9 Å². The van der Waals surface area contributed by atoms with Crippen LogP contribution in [0.5, 0.6) is 0 Å². The Hall–Kier alpha value is -3.93. The second-order valence-electron chi connectivity index (χ2n) is 11.1. The predicted octanol–water partition coefficient (Wildman–Crippen LogP) is 5.70. The van der Waals surface area contributed by atoms with Crippen molar-refractivity contribution in [2.75, 3.05) is 42.5 Å². The van der Waals surface area contributed by atoms with Crippen LogP contribution in [0.2, 0.25) is 5.02 Å². The molecule has 3 aromatic rings. The van der Waals surface area contributed by atoms with Gasteiger partial charge in [0, 0.05) is 56.7 Å². The molecule has 6 rings (SSSR count). The summed E-state index contributed by atoms with van der Waals surface area (Å²) in [6.07, 6.45) is 5.23. The number of imide groups is 1. The summed E-state index contributed by atoms with van der Waals surface area (Å²) >= 11 is 6.64. The molecule has 3 amide bonds. The van der Waals surface area contributed by atoms with Crippen molar-refractivity contribution in [1.82, 2.24) is 14.8 Å². The van der Waals surface area contributed by atoms with E-state index in [4.69, 9.17) is 11.6 Å². The minimum Gasteiger partial charge on any atom is -0.372 e. The van der Waals surface area contributed by atoms with Crippen molar-refractivity contribution in [3.8, 4) is 17.2 Å². The van der Waals surface area contributed by atoms with Crippen LogP contribution in [0.4, 0.5) is 16.3 Å². The summed E-state index contributed by atoms with van der Waals surface area (Å²) in [6, 6.07) is 19.4. The third-order valence-electron chi connectivity index (χ3n) is 8.71. The number of likely N-dealkylation sites (tertiary alicyclic amines) is 1. The number of aromatic nitrogens is 1. The van der Waals surface area contributed by atoms with E-state index in [0.717, 1.165) is 30.1 Å². The van der Waals surface area contributed by atoms with Crippen LogP contribution in [0, 0.1) is 11.3 Å². The van der Waals surface area contributed by atoms with Gasteiger partial charge in [-0.15, -0.1) is 0 Å². The number of pyridine rings is 1. The molecule has 41 heavy (non-hydrogen) atoms. The number of hydrogen-bond donors (Lipinski definition) is 0. The van der Waals surface area contributed by atoms with Gasteiger partial charge in [-0.25, -0.2) is 14.7 Å². The van der Waals surface area contributed by atoms with Gasteiger partial charge in [0.1, 0.15) is 5.54 Å². The van der Waals surface area contributed by atoms with Gasteiger partial charge in [-0.2, -0.15) is 5.26 Å². The SMILES string of the molecule is CCN1C(=O)N(c2ncc(-c3cccc(C#N)c3)cc2Cl)C(=O)C12CCN(Cc1ccc(N3CCCC3)cc1)CC2. The lowest BCUT2D eigenvalue weighted by molar-refractivity contribution is -0.127. The summed E-state index contributed by atoms with van der Waals surface area (Å²) in [5, 5.41) is 9.45. The minimum absolute atomic E-state index is 0.151. The molecule has 0 N–H and O–H groups in total. The number of rotatable bonds is 6. The highest BCUT2D eigenvalue weighted by Gasteiger charge is 2.58. The molecule has 0 radical (unpaired) electrons. The smallest absolute Gasteiger partial charge is 0.333 e. The largest absolute Gasteiger partial charge is 0.372 e. The highest BCUT2D eigenvalue weighted by molar-refractivity contribution is 6.36. The van der Waals surface area contributed by atoms with Crippen LogP contribution in [0.1, 0.15) is 43.7 Å². The maximum absolute atomic E-state index is 14.0. The average molecular weight is 569 g/mol. The number of hydrogen-bond acceptors (Lipinski definition) is 6. The Morgan fingerprint density at radius 1 is 0.976 bits per heavy atom. The molecular weight excluding hydrogens is 536 g/mol. The Bertz CT molecular complexity index is 1500. The van der Waals surface area contributed by atoms with Crippen LogP contribution in [0.3, 0.4) is 0 Å². The van der Waals surface area contributed by atoms with E-state index < -0.39 is 5.54 Å². The van der Waals surface area contributed by atoms with E-state index in [1.807, 2.05) is 13.0 Å². The first kappa shape index (κ1) is 27.3. The Morgan fingerprint density at radius 2 is 1.71 bits per heavy atom. The van der Waals surface area contributed by atoms with Crippen LogP contribution in [-0.4, -0.2) is 65.0 Å². The van der Waals surface area contributed by atoms with E-state index >= 15 is 0 Å². The van der Waals surface area contributed by atoms with Gasteiger partial charge in [0.05, 0.1) is 16.7 Å². The van der Waals surface area contributed by atoms with Gasteiger partial charge in [-0.05, 0) is 74.1 Å². The summed E-state index contributed by atoms with van der Waals surface area (Å²) in [4.78, 5) is 39.7. The quantitative estimate of drug-likeness (QED) is 0.355. The summed E-state index contributed by atoms with van der Waals surface area (Å²) in [5.41, 5.74) is 3.66. The molecule has 3 fully saturated rings. The van der Waals surface area contributed by atoms with Crippen LogP contribution in [-0.2, 0) is 11.3 Å². The second kappa shape index (κ2) is 11.2. The molecule has 0 unspecified atom stereocenters. The molecule has 9 heteroatoms. The molecule has 3 aliphatic rings. The number of halogens is 1. The van der Waals surface area contributed by atoms with E-state index in [9.17, 15) is 14.9 Å². The lowest BCUT2D eigenvalue weighted by Gasteiger charge is -2.41. The second-order valence-corrected chi connectivity index (χ2v) is 11.5. The Kier molecular flexibility index (Phi) is 7.41. The molecule has 2 aromatic carbocycles. The normalized spacial score (nSPS) is 18.9. The third-order valence-corrected chi connectivity index (χ3v) is 8.99. The summed E-state index contributed by atoms with van der Waals surface area (Å²) in [6.45, 7) is 6.84. The van der Waals surface area contributed by atoms with Crippen LogP contribution in [0.25, 0.3) is 11.1 Å². The predicted molar refractivity (Wildman–Crippen MR) is 160 cm³/mol. The number of benzene rings is 2. The van der Waals surface area contributed by atoms with E-state index in [2.05, 4.69) is 45.1 Å². The monoisotopic (exact) mass is 568 g/mol. The number of amides is 3. The molecule has 0 bridgehead atoms. The molecule has 0 saturated carbocycles. The van der Waals surface area contributed by atoms with Gasteiger partial charge < -0.3 is 9.80 Å². The van der Waals surface area contributed by atoms with Gasteiger partial charge in [0.15, 0.2) is 5.82 Å². The zero-order valence-corrected chi connectivity index (χ0v) is 24.0. The van der Waals surface area contributed by atoms with Crippen molar-refractivity contribution >= 4 is 35.0 Å². The molecular formula is C32H33ClN6O2. The lowest BCUT2D eigenvalue weighted by Crippen LogP contribution is -2.56. The molecule has 0 atom stereocenters. The topological polar surface area (TPSA) is 83.8 Å². The average Bonchev–Trinajstić information content (AvgIpc) is 3.61. The maximum atomic E-state index is 14.0. The molecule has 1 aromatic heterocycles. The molecule has 8 nitrogen and oxygen atoms in total. The minimum atomic E-state index is -0.896. The van der Waals surface area contributed by atoms with Crippen LogP contribution >= 0.6 is 11.6 Å². The Labute approximate surface area is 245 Å². The standard InChI is InChI=1S/C32H33ClN6O2/c1-2-38-31(41)39(29-28(33)19-26(21-35-29)25-7-5-6-24(18-25)20-34)30(40)32(38)12-16-36(17-13-32)22-23-8-10-27(11-9-23)37-14-3-4-15-37/h5-11,18-19,21H,2-4,12-17,22H2,1H3. The van der Waals surface area contributed by atoms with Crippen molar-refractivity contribution in [3.05, 3.63) is 76.9 Å². The van der Waals surface area contributed by atoms with E-state index in [1.165, 1.54) is 24.1 Å². The number of nitriles is 1. The van der Waals surface area contributed by atoms with Gasteiger partial charge in [0.2, 0.25) is 0 Å². The van der Waals surface area contributed by atoms with Gasteiger partial charge in [-0.3, -0.25) is 9.69 Å². The molecule has 0 aliphatic carbocycles. The van der Waals surface area contributed by atoms with Crippen molar-refractivity contribution in [3.63, 3.8) is 0 Å². The first-order chi connectivity index (χ1) is 19.9. The summed E-state index contributed by atoms with van der Waals surface area (Å²) < 4.78 is 0. The fourth-order valence-electron chi connectivity index (χ4n) is 6.47. The molecule has 4 heterocycles. The van der Waals surface area contributed by atoms with Gasteiger partial charge >= 0.3 is 6.03 Å². The van der Waals surface area contributed by atoms with Gasteiger partial charge in [0.25, 0.3) is 5.91 Å². The molecule has 210 valence electrons. The zero-order chi connectivity index (χ0) is 28.6. The summed E-state index contributed by atoms with van der Waals surface area (Å²) in [5.74, 6) is -0.106. The van der Waals surface area contributed by atoms with E-state index in [0.29, 0.717) is 43.6 Å². The first-order valence-corrected chi connectivity index (χ1v) is 14.7. The number of urea groups is 1. The molecule has 1 spiro atoms. The zero-order valence-electron chi connectivity index (χ0n) is 23.2. The lowest BCUT2D eigenvalue weighted by atomic mass is 9.85. The van der Waals surface area contributed by atoms with E-state index in [1.54, 1.807) is 35.4 Å². The van der Waals surface area contributed by atoms with Crippen molar-refractivity contribution in [1.29, 1.82) is 5.26 Å². The number of carbonyl (C=O) groups excluding carboxylic acids is 2. The fourth-order valence-corrected chi connectivity index (χ4v) is 6.72. The number of likely N-dealkylation sites (N-methyl/N-ethyl adjacent to an activating group) is 1. The van der Waals surface area contributed by atoms with Crippen LogP contribution < -0.4 is 9.80 Å². The highest BCUT2D eigenvalue weighted by Crippen LogP contribution is 2.41. The maximum Gasteiger partial charge on any atom is 0.333 e. The van der Waals surface area contributed by atoms with E-state index in [-0.39, 0.29) is 22.8 Å². The number of carbonyl (C=O) groups is 2. The van der Waals surface area contributed by atoms with Crippen molar-refractivity contribution in [2.24, 2.45) is 0 Å². The highest BCUT2D eigenvalue weighted by atomic mass is 35.5. The Morgan fingerprint density at radius 3 is 2.37 bits per heavy atom. The third kappa shape index (κ3) is 4.94. The fraction of sp³-hybridized carbons (Fsp3) is 0.375. The van der Waals surface area contributed by atoms with Crippen molar-refractivity contribution < 1.29 is 9.59 Å². The van der Waals surface area contributed by atoms with Crippen LogP contribution in [0.15, 0.2) is 60.8 Å². The van der Waals surface area contributed by atoms with Crippen molar-refractivity contribution in [2.45, 2.75) is 44.7 Å². The first-order valence-electron chi connectivity index (χ1n) is 14.3. The Balaban J connectivity index is 1.17. The number of nitrogens with zero attached hydrogens (tertiary/aromatic N) is 6. The molecule has 3 saturated heterocycles. The number of piperidine rings is 1. The summed E-state index contributed by atoms with van der Waals surface area (Å²) in [7, 11) is 0. The molecule has 3 aliphatic heterocycles. The number of anilines is 2.